The van der Waals surface area contributed by atoms with Gasteiger partial charge in [-0.2, -0.15) is 0 Å². The van der Waals surface area contributed by atoms with E-state index in [0.717, 1.165) is 53.4 Å². The molecule has 2 unspecified atom stereocenters. The van der Waals surface area contributed by atoms with Crippen molar-refractivity contribution in [1.29, 1.82) is 0 Å². The molecule has 0 radical (unpaired) electrons. The Hall–Kier alpha value is -4.63. The van der Waals surface area contributed by atoms with E-state index >= 15 is 0 Å². The van der Waals surface area contributed by atoms with Gasteiger partial charge in [0.15, 0.2) is 0 Å². The number of amides is 2. The normalized spacial score (nSPS) is 18.0. The number of carbonyl (C=O) groups excluding carboxylic acids is 2. The molecule has 0 bridgehead atoms. The lowest BCUT2D eigenvalue weighted by Crippen LogP contribution is -2.37. The Morgan fingerprint density at radius 2 is 2.00 bits per heavy atom. The maximum atomic E-state index is 12.9. The van der Waals surface area contributed by atoms with Gasteiger partial charge in [0.25, 0.3) is 5.91 Å². The quantitative estimate of drug-likeness (QED) is 0.322. The Morgan fingerprint density at radius 1 is 1.21 bits per heavy atom. The molecular weight excluding hydrogens is 528 g/mol. The van der Waals surface area contributed by atoms with Gasteiger partial charge in [0, 0.05) is 43.0 Å². The number of allylic oxidation sites excluding steroid dienone is 2. The summed E-state index contributed by atoms with van der Waals surface area (Å²) in [6.45, 7) is 6.22. The summed E-state index contributed by atoms with van der Waals surface area (Å²) in [5.41, 5.74) is 10.9. The maximum Gasteiger partial charge on any atom is 0.253 e. The number of benzene rings is 1. The summed E-state index contributed by atoms with van der Waals surface area (Å²) in [6, 6.07) is 13.1. The van der Waals surface area contributed by atoms with Crippen LogP contribution < -0.4 is 21.1 Å². The van der Waals surface area contributed by atoms with Crippen LogP contribution in [0.3, 0.4) is 0 Å². The Labute approximate surface area is 246 Å². The minimum absolute atomic E-state index is 0.0291. The lowest BCUT2D eigenvalue weighted by molar-refractivity contribution is -0.117. The number of primary amides is 1. The number of nitrogens with two attached hydrogens (primary N) is 1. The van der Waals surface area contributed by atoms with Gasteiger partial charge in [0.1, 0.15) is 11.6 Å². The first-order chi connectivity index (χ1) is 20.2. The molecule has 1 aromatic carbocycles. The van der Waals surface area contributed by atoms with Crippen molar-refractivity contribution in [3.63, 3.8) is 0 Å². The van der Waals surface area contributed by atoms with E-state index in [1.54, 1.807) is 6.08 Å². The lowest BCUT2D eigenvalue weighted by Gasteiger charge is -2.26. The van der Waals surface area contributed by atoms with Crippen LogP contribution in [-0.2, 0) is 11.3 Å². The van der Waals surface area contributed by atoms with E-state index in [1.165, 1.54) is 0 Å². The molecule has 4 N–H and O–H groups in total. The van der Waals surface area contributed by atoms with Crippen molar-refractivity contribution in [2.75, 3.05) is 32.5 Å². The second-order valence-electron chi connectivity index (χ2n) is 11.0. The van der Waals surface area contributed by atoms with Gasteiger partial charge in [-0.1, -0.05) is 49.4 Å². The number of hydrogen-bond donors (Lipinski definition) is 3. The number of ether oxygens (including phenoxy) is 1. The number of pyridine rings is 1. The molecule has 2 aliphatic rings. The first-order valence-electron chi connectivity index (χ1n) is 14.3. The van der Waals surface area contributed by atoms with E-state index in [-0.39, 0.29) is 17.9 Å². The molecule has 0 spiro atoms. The molecule has 3 heterocycles. The molecule has 9 nitrogen and oxygen atoms in total. The molecule has 0 saturated carbocycles. The van der Waals surface area contributed by atoms with Gasteiger partial charge in [-0.3, -0.25) is 9.59 Å². The van der Waals surface area contributed by atoms with Crippen LogP contribution in [0.1, 0.15) is 35.1 Å². The molecule has 3 aromatic rings. The van der Waals surface area contributed by atoms with Crippen LogP contribution in [0.4, 0.5) is 5.82 Å². The summed E-state index contributed by atoms with van der Waals surface area (Å²) in [5.74, 6) is 1.32. The number of nitrogens with zero attached hydrogens (tertiary/aromatic N) is 3. The summed E-state index contributed by atoms with van der Waals surface area (Å²) in [7, 11) is 3.92. The number of aromatic nitrogens is 2. The molecule has 0 fully saturated rings. The van der Waals surface area contributed by atoms with Crippen molar-refractivity contribution in [2.45, 2.75) is 32.9 Å². The van der Waals surface area contributed by atoms with Crippen LogP contribution in [0.5, 0.6) is 11.6 Å². The van der Waals surface area contributed by atoms with Crippen molar-refractivity contribution in [3.05, 3.63) is 89.8 Å². The highest BCUT2D eigenvalue weighted by Gasteiger charge is 2.31. The van der Waals surface area contributed by atoms with Gasteiger partial charge in [-0.05, 0) is 62.7 Å². The Morgan fingerprint density at radius 3 is 2.69 bits per heavy atom. The number of fused-ring (bicyclic) bond motifs is 1. The summed E-state index contributed by atoms with van der Waals surface area (Å²) >= 11 is 0. The van der Waals surface area contributed by atoms with Crippen molar-refractivity contribution in [1.82, 2.24) is 19.8 Å². The third-order valence-electron chi connectivity index (χ3n) is 7.40. The number of carbonyl (C=O) groups is 2. The maximum absolute atomic E-state index is 12.9. The van der Waals surface area contributed by atoms with E-state index < -0.39 is 5.91 Å². The number of hydrogen-bond acceptors (Lipinski definition) is 6. The first-order valence-corrected chi connectivity index (χ1v) is 14.3. The fraction of sp³-hybridized carbons (Fsp3) is 0.303. The lowest BCUT2D eigenvalue weighted by atomic mass is 9.88. The van der Waals surface area contributed by atoms with Gasteiger partial charge in [0.2, 0.25) is 11.8 Å². The van der Waals surface area contributed by atoms with E-state index in [9.17, 15) is 9.59 Å². The zero-order valence-electron chi connectivity index (χ0n) is 24.6. The summed E-state index contributed by atoms with van der Waals surface area (Å²) in [6.07, 6.45) is 10.6. The Balaban J connectivity index is 1.48. The van der Waals surface area contributed by atoms with E-state index in [4.69, 9.17) is 10.5 Å². The summed E-state index contributed by atoms with van der Waals surface area (Å²) in [4.78, 5) is 31.8. The van der Waals surface area contributed by atoms with Gasteiger partial charge in [-0.15, -0.1) is 0 Å². The molecular formula is C33H38N6O3. The first kappa shape index (κ1) is 28.9. The van der Waals surface area contributed by atoms with Crippen LogP contribution in [-0.4, -0.2) is 59.5 Å². The molecule has 2 amide bonds. The van der Waals surface area contributed by atoms with Gasteiger partial charge in [-0.25, -0.2) is 4.98 Å². The van der Waals surface area contributed by atoms with E-state index in [0.29, 0.717) is 23.7 Å². The van der Waals surface area contributed by atoms with Crippen molar-refractivity contribution < 1.29 is 14.3 Å². The monoisotopic (exact) mass is 566 g/mol. The van der Waals surface area contributed by atoms with Crippen molar-refractivity contribution in [3.8, 4) is 22.8 Å². The third kappa shape index (κ3) is 6.31. The SMILES string of the molecule is Cc1cccc(Oc2ccc(-c3c(C(N)=O)c4n(c3C3=CC(C)C(NC(=O)/C=C/CN(C)C)C=C3)CCCN4)cc2)n1. The average molecular weight is 567 g/mol. The highest BCUT2D eigenvalue weighted by molar-refractivity contribution is 6.08. The van der Waals surface area contributed by atoms with E-state index in [1.807, 2.05) is 86.6 Å². The largest absolute Gasteiger partial charge is 0.439 e. The molecule has 1 aliphatic heterocycles. The smallest absolute Gasteiger partial charge is 0.253 e. The molecule has 0 saturated heterocycles. The van der Waals surface area contributed by atoms with Crippen molar-refractivity contribution in [2.24, 2.45) is 11.7 Å². The van der Waals surface area contributed by atoms with Gasteiger partial charge < -0.3 is 30.6 Å². The predicted octanol–water partition coefficient (Wildman–Crippen LogP) is 4.76. The highest BCUT2D eigenvalue weighted by atomic mass is 16.5. The summed E-state index contributed by atoms with van der Waals surface area (Å²) in [5, 5.41) is 6.50. The second kappa shape index (κ2) is 12.5. The topological polar surface area (TPSA) is 115 Å². The van der Waals surface area contributed by atoms with Crippen LogP contribution in [0.2, 0.25) is 0 Å². The zero-order chi connectivity index (χ0) is 29.8. The number of anilines is 1. The Bertz CT molecular complexity index is 1570. The molecule has 1 aliphatic carbocycles. The van der Waals surface area contributed by atoms with Crippen LogP contribution in [0, 0.1) is 12.8 Å². The average Bonchev–Trinajstić information content (AvgIpc) is 3.30. The zero-order valence-corrected chi connectivity index (χ0v) is 24.6. The fourth-order valence-corrected chi connectivity index (χ4v) is 5.42. The van der Waals surface area contributed by atoms with E-state index in [2.05, 4.69) is 33.2 Å². The minimum Gasteiger partial charge on any atom is -0.439 e. The number of likely N-dealkylation sites (N-methyl/N-ethyl adjacent to an activating group) is 1. The van der Waals surface area contributed by atoms with Crippen molar-refractivity contribution >= 4 is 23.2 Å². The van der Waals surface area contributed by atoms with Crippen LogP contribution >= 0.6 is 0 Å². The minimum atomic E-state index is -0.484. The standard InChI is InChI=1S/C33H38N6O3/c1-21-20-24(13-16-26(21)37-27(40)9-6-18-38(3)4)31-29(30(32(34)41)33-35-17-7-19-39(31)33)23-11-14-25(15-12-23)42-28-10-5-8-22(2)36-28/h5-6,8-16,20-21,26,35H,7,17-19H2,1-4H3,(H2,34,41)(H,37,40)/b9-6+. The van der Waals surface area contributed by atoms with Crippen LogP contribution in [0.25, 0.3) is 16.7 Å². The number of nitrogens with one attached hydrogen (secondary N) is 2. The van der Waals surface area contributed by atoms with Gasteiger partial charge in [0.05, 0.1) is 17.3 Å². The summed E-state index contributed by atoms with van der Waals surface area (Å²) < 4.78 is 8.12. The fourth-order valence-electron chi connectivity index (χ4n) is 5.42. The number of rotatable bonds is 9. The molecule has 9 heteroatoms. The van der Waals surface area contributed by atoms with Crippen LogP contribution in [0.15, 0.2) is 72.8 Å². The molecule has 218 valence electrons. The highest BCUT2D eigenvalue weighted by Crippen LogP contribution is 2.43. The molecule has 42 heavy (non-hydrogen) atoms. The Kier molecular flexibility index (Phi) is 8.59. The third-order valence-corrected chi connectivity index (χ3v) is 7.40. The predicted molar refractivity (Wildman–Crippen MR) is 166 cm³/mol. The van der Waals surface area contributed by atoms with Gasteiger partial charge >= 0.3 is 0 Å². The molecule has 2 atom stereocenters. The molecule has 2 aromatic heterocycles. The molecule has 5 rings (SSSR count). The second-order valence-corrected chi connectivity index (χ2v) is 11.0. The number of aryl methyl sites for hydroxylation is 1.